The second-order valence-electron chi connectivity index (χ2n) is 18.8. The molecule has 0 radical (unpaired) electrons. The molecule has 3 atom stereocenters. The molecular formula is C50H49NO. The predicted molar refractivity (Wildman–Crippen MR) is 214 cm³/mol. The highest BCUT2D eigenvalue weighted by molar-refractivity contribution is 6.15. The molecule has 5 aromatic carbocycles. The van der Waals surface area contributed by atoms with E-state index < -0.39 is 0 Å². The minimum Gasteiger partial charge on any atom is -0.456 e. The van der Waals surface area contributed by atoms with E-state index >= 15 is 0 Å². The lowest BCUT2D eigenvalue weighted by atomic mass is 9.48. The highest BCUT2D eigenvalue weighted by Gasteiger charge is 2.51. The molecule has 6 aromatic rings. The Morgan fingerprint density at radius 3 is 1.98 bits per heavy atom. The van der Waals surface area contributed by atoms with Crippen LogP contribution in [0.1, 0.15) is 106 Å². The second-order valence-corrected chi connectivity index (χ2v) is 18.8. The van der Waals surface area contributed by atoms with E-state index in [9.17, 15) is 0 Å². The lowest BCUT2D eigenvalue weighted by molar-refractivity contribution is -0.00518. The number of benzene rings is 5. The Morgan fingerprint density at radius 1 is 0.596 bits per heavy atom. The lowest BCUT2D eigenvalue weighted by Gasteiger charge is -2.57. The van der Waals surface area contributed by atoms with Crippen molar-refractivity contribution in [2.24, 2.45) is 29.6 Å². The van der Waals surface area contributed by atoms with Crippen molar-refractivity contribution >= 4 is 39.0 Å². The summed E-state index contributed by atoms with van der Waals surface area (Å²) in [6, 6.07) is 40.0. The van der Waals surface area contributed by atoms with E-state index in [0.717, 1.165) is 46.7 Å². The van der Waals surface area contributed by atoms with Gasteiger partial charge in [0.2, 0.25) is 0 Å². The molecule has 2 heteroatoms. The lowest BCUT2D eigenvalue weighted by Crippen LogP contribution is -2.48. The van der Waals surface area contributed by atoms with E-state index in [1.807, 2.05) is 0 Å². The molecule has 3 unspecified atom stereocenters. The predicted octanol–water partition coefficient (Wildman–Crippen LogP) is 13.7. The van der Waals surface area contributed by atoms with Crippen LogP contribution in [-0.2, 0) is 10.8 Å². The van der Waals surface area contributed by atoms with Crippen molar-refractivity contribution in [3.8, 4) is 11.1 Å². The van der Waals surface area contributed by atoms with E-state index in [4.69, 9.17) is 4.42 Å². The third-order valence-electron chi connectivity index (χ3n) is 15.5. The summed E-state index contributed by atoms with van der Waals surface area (Å²) in [6.07, 6.45) is 14.4. The van der Waals surface area contributed by atoms with Crippen LogP contribution in [-0.4, -0.2) is 0 Å². The molecule has 6 bridgehead atoms. The first-order chi connectivity index (χ1) is 25.4. The fourth-order valence-electron chi connectivity index (χ4n) is 13.6. The number of hydrogen-bond donors (Lipinski definition) is 0. The van der Waals surface area contributed by atoms with Gasteiger partial charge in [0.25, 0.3) is 0 Å². The summed E-state index contributed by atoms with van der Waals surface area (Å²) in [5, 5.41) is 2.46. The van der Waals surface area contributed by atoms with Crippen LogP contribution in [0.3, 0.4) is 0 Å². The van der Waals surface area contributed by atoms with Crippen LogP contribution in [0.2, 0.25) is 0 Å². The second kappa shape index (κ2) is 10.6. The topological polar surface area (TPSA) is 16.4 Å². The number of anilines is 3. The molecule has 52 heavy (non-hydrogen) atoms. The summed E-state index contributed by atoms with van der Waals surface area (Å²) in [5.74, 6) is 5.46. The van der Waals surface area contributed by atoms with Gasteiger partial charge in [0.15, 0.2) is 0 Å². The number of rotatable bonds is 5. The Morgan fingerprint density at radius 2 is 1.29 bits per heavy atom. The van der Waals surface area contributed by atoms with Crippen molar-refractivity contribution in [3.05, 3.63) is 125 Å². The van der Waals surface area contributed by atoms with Crippen LogP contribution < -0.4 is 4.90 Å². The molecule has 0 saturated heterocycles. The smallest absolute Gasteiger partial charge is 0.136 e. The summed E-state index contributed by atoms with van der Waals surface area (Å²) in [7, 11) is 0. The van der Waals surface area contributed by atoms with Crippen molar-refractivity contribution in [2.75, 3.05) is 4.90 Å². The summed E-state index contributed by atoms with van der Waals surface area (Å²) in [5.41, 5.74) is 14.6. The van der Waals surface area contributed by atoms with Gasteiger partial charge in [-0.25, -0.2) is 0 Å². The quantitative estimate of drug-likeness (QED) is 0.180. The Balaban J connectivity index is 0.974. The fraction of sp³-hybridized carbons (Fsp3) is 0.400. The monoisotopic (exact) mass is 679 g/mol. The van der Waals surface area contributed by atoms with Gasteiger partial charge < -0.3 is 9.32 Å². The summed E-state index contributed by atoms with van der Waals surface area (Å²) >= 11 is 0. The molecule has 260 valence electrons. The van der Waals surface area contributed by atoms with Gasteiger partial charge in [-0.2, -0.15) is 0 Å². The molecular weight excluding hydrogens is 631 g/mol. The summed E-state index contributed by atoms with van der Waals surface area (Å²) < 4.78 is 6.38. The maximum atomic E-state index is 6.38. The Hall–Kier alpha value is -4.30. The Labute approximate surface area is 308 Å². The zero-order chi connectivity index (χ0) is 34.3. The number of hydrogen-bond acceptors (Lipinski definition) is 2. The standard InChI is InChI=1S/C50H49NO/c1-49(2)43-19-20-46-48(41-5-3-4-6-45(41)52-46)47(43)40-18-17-39(26-44(40)49)51(37-13-9-34(10-14-37)42-25-30-7-8-35(42)24-30)38-15-11-36(12-16-38)50-27-31-21-32(28-50)23-33(22-31)29-50/h3-6,9-20,26,30-33,35,42H,7-8,21-25,27-29H2,1-2H3. The normalized spacial score (nSPS) is 30.3. The SMILES string of the molecule is CC1(C)c2cc(N(c3ccc(C4CC5CCC4C5)cc3)c3ccc(C45CC6CC(CC(C6)C4)C5)cc3)ccc2-c2c1ccc1oc3ccccc3c21. The van der Waals surface area contributed by atoms with Gasteiger partial charge in [-0.1, -0.05) is 74.9 Å². The molecule has 1 aromatic heterocycles. The average molecular weight is 680 g/mol. The maximum Gasteiger partial charge on any atom is 0.136 e. The molecule has 13 rings (SSSR count). The summed E-state index contributed by atoms with van der Waals surface area (Å²) in [6.45, 7) is 4.81. The van der Waals surface area contributed by atoms with Gasteiger partial charge in [0, 0.05) is 33.2 Å². The molecule has 7 aliphatic carbocycles. The molecule has 0 amide bonds. The van der Waals surface area contributed by atoms with Crippen LogP contribution in [0.5, 0.6) is 0 Å². The number of nitrogens with zero attached hydrogens (tertiary/aromatic N) is 1. The van der Waals surface area contributed by atoms with Crippen LogP contribution in [0, 0.1) is 29.6 Å². The first-order valence-corrected chi connectivity index (χ1v) is 20.5. The van der Waals surface area contributed by atoms with Gasteiger partial charge in [-0.05, 0) is 181 Å². The van der Waals surface area contributed by atoms with Gasteiger partial charge in [0.1, 0.15) is 11.2 Å². The van der Waals surface area contributed by atoms with Gasteiger partial charge in [0.05, 0.1) is 0 Å². The molecule has 0 N–H and O–H groups in total. The molecule has 0 spiro atoms. The van der Waals surface area contributed by atoms with Crippen molar-refractivity contribution in [3.63, 3.8) is 0 Å². The van der Waals surface area contributed by atoms with E-state index in [0.29, 0.717) is 5.41 Å². The minimum absolute atomic E-state index is 0.132. The van der Waals surface area contributed by atoms with E-state index in [-0.39, 0.29) is 5.41 Å². The van der Waals surface area contributed by atoms with E-state index in [1.54, 1.807) is 11.1 Å². The first kappa shape index (κ1) is 30.2. The first-order valence-electron chi connectivity index (χ1n) is 20.5. The number of para-hydroxylation sites is 1. The van der Waals surface area contributed by atoms with Crippen molar-refractivity contribution in [1.82, 2.24) is 0 Å². The Bertz CT molecular complexity index is 2360. The van der Waals surface area contributed by atoms with Gasteiger partial charge in [-0.3, -0.25) is 0 Å². The zero-order valence-corrected chi connectivity index (χ0v) is 30.7. The molecule has 6 fully saturated rings. The van der Waals surface area contributed by atoms with Gasteiger partial charge in [-0.15, -0.1) is 0 Å². The maximum absolute atomic E-state index is 6.38. The van der Waals surface area contributed by atoms with Crippen LogP contribution in [0.4, 0.5) is 17.1 Å². The molecule has 7 aliphatic rings. The fourth-order valence-corrected chi connectivity index (χ4v) is 13.6. The minimum atomic E-state index is -0.132. The summed E-state index contributed by atoms with van der Waals surface area (Å²) in [4.78, 5) is 2.54. The van der Waals surface area contributed by atoms with Crippen molar-refractivity contribution < 1.29 is 4.42 Å². The third kappa shape index (κ3) is 4.24. The molecule has 0 aliphatic heterocycles. The number of fused-ring (bicyclic) bond motifs is 9. The molecule has 1 heterocycles. The van der Waals surface area contributed by atoms with Crippen molar-refractivity contribution in [1.29, 1.82) is 0 Å². The van der Waals surface area contributed by atoms with Crippen molar-refractivity contribution in [2.45, 2.75) is 94.8 Å². The highest BCUT2D eigenvalue weighted by Crippen LogP contribution is 2.61. The van der Waals surface area contributed by atoms with Gasteiger partial charge >= 0.3 is 0 Å². The van der Waals surface area contributed by atoms with Crippen LogP contribution >= 0.6 is 0 Å². The number of furan rings is 1. The average Bonchev–Trinajstić information content (AvgIpc) is 3.93. The largest absolute Gasteiger partial charge is 0.456 e. The van der Waals surface area contributed by atoms with Crippen LogP contribution in [0.25, 0.3) is 33.1 Å². The zero-order valence-electron chi connectivity index (χ0n) is 30.7. The Kier molecular flexibility index (Phi) is 6.18. The highest BCUT2D eigenvalue weighted by atomic mass is 16.3. The molecule has 2 nitrogen and oxygen atoms in total. The molecule has 6 saturated carbocycles. The third-order valence-corrected chi connectivity index (χ3v) is 15.5. The van der Waals surface area contributed by atoms with E-state index in [2.05, 4.69) is 122 Å². The van der Waals surface area contributed by atoms with E-state index in [1.165, 1.54) is 114 Å². The van der Waals surface area contributed by atoms with Crippen LogP contribution in [0.15, 0.2) is 108 Å².